The van der Waals surface area contributed by atoms with Crippen LogP contribution in [-0.4, -0.2) is 50.8 Å². The number of ether oxygens (including phenoxy) is 1. The monoisotopic (exact) mass is 419 g/mol. The van der Waals surface area contributed by atoms with E-state index in [9.17, 15) is 4.79 Å². The predicted octanol–water partition coefficient (Wildman–Crippen LogP) is 3.05. The molecule has 1 aromatic carbocycles. The second kappa shape index (κ2) is 8.97. The Balaban J connectivity index is 1.56. The maximum atomic E-state index is 11.6. The lowest BCUT2D eigenvalue weighted by Crippen LogP contribution is -2.36. The van der Waals surface area contributed by atoms with E-state index in [1.807, 2.05) is 19.2 Å². The van der Waals surface area contributed by atoms with Gasteiger partial charge >= 0.3 is 0 Å². The van der Waals surface area contributed by atoms with Crippen molar-refractivity contribution >= 4 is 23.2 Å². The molecule has 2 N–H and O–H groups in total. The molecule has 9 heteroatoms. The Hall–Kier alpha value is -3.72. The van der Waals surface area contributed by atoms with Crippen molar-refractivity contribution in [3.05, 3.63) is 60.6 Å². The van der Waals surface area contributed by atoms with Gasteiger partial charge in [-0.2, -0.15) is 10.1 Å². The molecule has 2 aromatic heterocycles. The number of rotatable bonds is 8. The fourth-order valence-electron chi connectivity index (χ4n) is 3.28. The summed E-state index contributed by atoms with van der Waals surface area (Å²) in [6.07, 6.45) is 6.17. The van der Waals surface area contributed by atoms with E-state index in [1.54, 1.807) is 36.2 Å². The number of nitrogens with zero attached hydrogens (tertiary/aromatic N) is 5. The Morgan fingerprint density at radius 2 is 2.16 bits per heavy atom. The molecule has 1 fully saturated rings. The molecule has 4 rings (SSSR count). The van der Waals surface area contributed by atoms with Crippen molar-refractivity contribution in [1.82, 2.24) is 24.6 Å². The Bertz CT molecular complexity index is 1100. The second-order valence-corrected chi connectivity index (χ2v) is 7.29. The van der Waals surface area contributed by atoms with Crippen molar-refractivity contribution in [3.63, 3.8) is 0 Å². The molecule has 31 heavy (non-hydrogen) atoms. The number of aromatic nitrogens is 4. The first-order chi connectivity index (χ1) is 15.1. The standard InChI is InChI=1S/C22H25N7O2/c1-4-21(30)24-17-6-7-19(31-3)18(12-17)25-22-23-9-8-20(26-22)29-14-16(15(2)27-29)13-28-10-5-11-28/h4,6-9,12,14H,1,5,10-11,13H2,2-3H3,(H,24,30)(H,23,25,26). The molecular weight excluding hydrogens is 394 g/mol. The van der Waals surface area contributed by atoms with Crippen molar-refractivity contribution in [2.45, 2.75) is 19.9 Å². The molecule has 0 bridgehead atoms. The van der Waals surface area contributed by atoms with Crippen LogP contribution in [0.2, 0.25) is 0 Å². The van der Waals surface area contributed by atoms with Crippen LogP contribution in [-0.2, 0) is 11.3 Å². The number of hydrogen-bond donors (Lipinski definition) is 2. The number of likely N-dealkylation sites (tertiary alicyclic amines) is 1. The van der Waals surface area contributed by atoms with E-state index in [0.717, 1.165) is 25.3 Å². The molecule has 160 valence electrons. The first kappa shape index (κ1) is 20.5. The second-order valence-electron chi connectivity index (χ2n) is 7.29. The molecule has 1 aliphatic rings. The van der Waals surface area contributed by atoms with Crippen LogP contribution in [0.15, 0.2) is 49.3 Å². The van der Waals surface area contributed by atoms with Crippen molar-refractivity contribution in [2.75, 3.05) is 30.8 Å². The molecule has 0 radical (unpaired) electrons. The Kier molecular flexibility index (Phi) is 5.94. The summed E-state index contributed by atoms with van der Waals surface area (Å²) >= 11 is 0. The van der Waals surface area contributed by atoms with Gasteiger partial charge in [0.05, 0.1) is 18.5 Å². The number of methoxy groups -OCH3 is 1. The lowest BCUT2D eigenvalue weighted by atomic mass is 10.1. The summed E-state index contributed by atoms with van der Waals surface area (Å²) in [5, 5.41) is 10.5. The van der Waals surface area contributed by atoms with Gasteiger partial charge in [-0.15, -0.1) is 0 Å². The highest BCUT2D eigenvalue weighted by atomic mass is 16.5. The van der Waals surface area contributed by atoms with Crippen LogP contribution in [0.3, 0.4) is 0 Å². The Morgan fingerprint density at radius 3 is 2.87 bits per heavy atom. The molecule has 0 aliphatic carbocycles. The van der Waals surface area contributed by atoms with Crippen molar-refractivity contribution < 1.29 is 9.53 Å². The molecule has 0 unspecified atom stereocenters. The Morgan fingerprint density at radius 1 is 1.32 bits per heavy atom. The summed E-state index contributed by atoms with van der Waals surface area (Å²) in [7, 11) is 1.58. The van der Waals surface area contributed by atoms with Gasteiger partial charge in [0.2, 0.25) is 11.9 Å². The van der Waals surface area contributed by atoms with Gasteiger partial charge in [-0.05, 0) is 50.7 Å². The quantitative estimate of drug-likeness (QED) is 0.542. The zero-order valence-corrected chi connectivity index (χ0v) is 17.6. The maximum absolute atomic E-state index is 11.6. The van der Waals surface area contributed by atoms with Crippen molar-refractivity contribution in [3.8, 4) is 11.6 Å². The van der Waals surface area contributed by atoms with Gasteiger partial charge in [-0.25, -0.2) is 9.67 Å². The molecule has 0 saturated carbocycles. The van der Waals surface area contributed by atoms with Gasteiger partial charge in [-0.1, -0.05) is 6.58 Å². The molecular formula is C22H25N7O2. The fraction of sp³-hybridized carbons (Fsp3) is 0.273. The van der Waals surface area contributed by atoms with E-state index in [1.165, 1.54) is 18.1 Å². The van der Waals surface area contributed by atoms with E-state index in [4.69, 9.17) is 4.74 Å². The number of carbonyl (C=O) groups is 1. The van der Waals surface area contributed by atoms with Crippen LogP contribution in [0.25, 0.3) is 5.82 Å². The van der Waals surface area contributed by atoms with E-state index >= 15 is 0 Å². The van der Waals surface area contributed by atoms with Crippen LogP contribution in [0.5, 0.6) is 5.75 Å². The van der Waals surface area contributed by atoms with Gasteiger partial charge in [0, 0.05) is 36.3 Å². The molecule has 9 nitrogen and oxygen atoms in total. The first-order valence-corrected chi connectivity index (χ1v) is 10.0. The molecule has 0 atom stereocenters. The van der Waals surface area contributed by atoms with E-state index in [-0.39, 0.29) is 5.91 Å². The molecule has 3 heterocycles. The number of amides is 1. The molecule has 1 aliphatic heterocycles. The number of carbonyl (C=O) groups excluding carboxylic acids is 1. The van der Waals surface area contributed by atoms with Crippen LogP contribution in [0.1, 0.15) is 17.7 Å². The average Bonchev–Trinajstić information content (AvgIpc) is 3.11. The topological polar surface area (TPSA) is 97.2 Å². The summed E-state index contributed by atoms with van der Waals surface area (Å²) in [5.41, 5.74) is 3.41. The fourth-order valence-corrected chi connectivity index (χ4v) is 3.28. The number of aryl methyl sites for hydroxylation is 1. The van der Waals surface area contributed by atoms with E-state index in [2.05, 4.69) is 37.2 Å². The molecule has 1 amide bonds. The third-order valence-corrected chi connectivity index (χ3v) is 5.12. The van der Waals surface area contributed by atoms with Gasteiger partial charge in [-0.3, -0.25) is 9.69 Å². The maximum Gasteiger partial charge on any atom is 0.247 e. The Labute approximate surface area is 180 Å². The molecule has 1 saturated heterocycles. The smallest absolute Gasteiger partial charge is 0.247 e. The average molecular weight is 419 g/mol. The zero-order chi connectivity index (χ0) is 21.8. The van der Waals surface area contributed by atoms with E-state index in [0.29, 0.717) is 28.9 Å². The lowest BCUT2D eigenvalue weighted by molar-refractivity contribution is -0.111. The highest BCUT2D eigenvalue weighted by Gasteiger charge is 2.17. The SMILES string of the molecule is C=CC(=O)Nc1ccc(OC)c(Nc2nccc(-n3cc(CN4CCC4)c(C)n3)n2)c1. The molecule has 0 spiro atoms. The number of anilines is 3. The lowest BCUT2D eigenvalue weighted by Gasteiger charge is -2.30. The minimum atomic E-state index is -0.294. The van der Waals surface area contributed by atoms with Gasteiger partial charge in [0.15, 0.2) is 5.82 Å². The predicted molar refractivity (Wildman–Crippen MR) is 119 cm³/mol. The minimum absolute atomic E-state index is 0.294. The third kappa shape index (κ3) is 4.72. The molecule has 3 aromatic rings. The summed E-state index contributed by atoms with van der Waals surface area (Å²) in [6, 6.07) is 7.06. The van der Waals surface area contributed by atoms with Gasteiger partial charge in [0.25, 0.3) is 0 Å². The van der Waals surface area contributed by atoms with Crippen molar-refractivity contribution in [2.24, 2.45) is 0 Å². The largest absolute Gasteiger partial charge is 0.495 e. The summed E-state index contributed by atoms with van der Waals surface area (Å²) in [6.45, 7) is 8.66. The number of benzene rings is 1. The summed E-state index contributed by atoms with van der Waals surface area (Å²) in [5.74, 6) is 1.35. The number of hydrogen-bond acceptors (Lipinski definition) is 7. The summed E-state index contributed by atoms with van der Waals surface area (Å²) in [4.78, 5) is 22.9. The summed E-state index contributed by atoms with van der Waals surface area (Å²) < 4.78 is 7.19. The van der Waals surface area contributed by atoms with Gasteiger partial charge in [0.1, 0.15) is 5.75 Å². The minimum Gasteiger partial charge on any atom is -0.495 e. The van der Waals surface area contributed by atoms with Crippen LogP contribution >= 0.6 is 0 Å². The van der Waals surface area contributed by atoms with Crippen LogP contribution in [0.4, 0.5) is 17.3 Å². The van der Waals surface area contributed by atoms with Crippen LogP contribution < -0.4 is 15.4 Å². The number of nitrogens with one attached hydrogen (secondary N) is 2. The van der Waals surface area contributed by atoms with Crippen LogP contribution in [0, 0.1) is 6.92 Å². The third-order valence-electron chi connectivity index (χ3n) is 5.12. The van der Waals surface area contributed by atoms with E-state index < -0.39 is 0 Å². The zero-order valence-electron chi connectivity index (χ0n) is 17.6. The normalized spacial score (nSPS) is 13.4. The van der Waals surface area contributed by atoms with Gasteiger partial charge < -0.3 is 15.4 Å². The highest BCUT2D eigenvalue weighted by Crippen LogP contribution is 2.30. The van der Waals surface area contributed by atoms with Crippen molar-refractivity contribution in [1.29, 1.82) is 0 Å². The highest BCUT2D eigenvalue weighted by molar-refractivity contribution is 5.99. The first-order valence-electron chi connectivity index (χ1n) is 10.0.